The number of anilines is 1. The molecule has 1 N–H and O–H groups in total. The van der Waals surface area contributed by atoms with Crippen molar-refractivity contribution in [3.8, 4) is 5.75 Å². The number of hydrogen-bond donors (Lipinski definition) is 1. The molecule has 31 heavy (non-hydrogen) atoms. The zero-order valence-electron chi connectivity index (χ0n) is 17.6. The van der Waals surface area contributed by atoms with Gasteiger partial charge in [-0.2, -0.15) is 0 Å². The monoisotopic (exact) mass is 486 g/mol. The molecule has 0 spiro atoms. The standard InChI is InChI=1S/C24H27BrN2O4/c1-30-21-7-5-18(6-8-21)24(9-11-31-12-10-24)16-26-23(29)17-13-22(28)27(15-17)20-4-2-3-19(25)14-20/h2-8,14,17H,9-13,15-16H2,1H3,(H,26,29). The van der Waals surface area contributed by atoms with Crippen LogP contribution >= 0.6 is 15.9 Å². The summed E-state index contributed by atoms with van der Waals surface area (Å²) in [5.74, 6) is 0.380. The minimum Gasteiger partial charge on any atom is -0.497 e. The summed E-state index contributed by atoms with van der Waals surface area (Å²) in [6.07, 6.45) is 1.91. The molecule has 0 bridgehead atoms. The van der Waals surface area contributed by atoms with E-state index in [0.29, 0.717) is 26.3 Å². The fourth-order valence-corrected chi connectivity index (χ4v) is 4.84. The lowest BCUT2D eigenvalue weighted by Gasteiger charge is -2.38. The summed E-state index contributed by atoms with van der Waals surface area (Å²) in [5, 5.41) is 3.15. The van der Waals surface area contributed by atoms with E-state index in [1.54, 1.807) is 12.0 Å². The third-order valence-corrected chi connectivity index (χ3v) is 6.86. The number of benzene rings is 2. The van der Waals surface area contributed by atoms with Gasteiger partial charge in [0, 0.05) is 48.3 Å². The van der Waals surface area contributed by atoms with Crippen LogP contribution in [0.3, 0.4) is 0 Å². The first-order valence-electron chi connectivity index (χ1n) is 10.6. The van der Waals surface area contributed by atoms with Gasteiger partial charge in [0.15, 0.2) is 0 Å². The highest BCUT2D eigenvalue weighted by Crippen LogP contribution is 2.35. The molecule has 1 atom stereocenters. The number of amides is 2. The predicted molar refractivity (Wildman–Crippen MR) is 122 cm³/mol. The van der Waals surface area contributed by atoms with Crippen LogP contribution < -0.4 is 15.0 Å². The topological polar surface area (TPSA) is 67.9 Å². The van der Waals surface area contributed by atoms with E-state index in [0.717, 1.165) is 28.8 Å². The van der Waals surface area contributed by atoms with Crippen LogP contribution in [-0.2, 0) is 19.7 Å². The summed E-state index contributed by atoms with van der Waals surface area (Å²) in [4.78, 5) is 27.3. The van der Waals surface area contributed by atoms with Gasteiger partial charge in [-0.05, 0) is 48.7 Å². The number of nitrogens with zero attached hydrogens (tertiary/aromatic N) is 1. The molecular formula is C24H27BrN2O4. The summed E-state index contributed by atoms with van der Waals surface area (Å²) in [6.45, 7) is 2.27. The lowest BCUT2D eigenvalue weighted by Crippen LogP contribution is -2.46. The maximum absolute atomic E-state index is 13.0. The van der Waals surface area contributed by atoms with Crippen LogP contribution in [0.25, 0.3) is 0 Å². The van der Waals surface area contributed by atoms with Crippen molar-refractivity contribution in [3.63, 3.8) is 0 Å². The number of halogens is 1. The van der Waals surface area contributed by atoms with Crippen LogP contribution in [0.15, 0.2) is 53.0 Å². The first-order valence-corrected chi connectivity index (χ1v) is 11.4. The van der Waals surface area contributed by atoms with Gasteiger partial charge < -0.3 is 19.7 Å². The van der Waals surface area contributed by atoms with Crippen molar-refractivity contribution in [2.75, 3.05) is 38.3 Å². The Kier molecular flexibility index (Phi) is 6.62. The average Bonchev–Trinajstić information content (AvgIpc) is 3.20. The summed E-state index contributed by atoms with van der Waals surface area (Å²) in [6, 6.07) is 15.7. The van der Waals surface area contributed by atoms with Gasteiger partial charge in [0.1, 0.15) is 5.75 Å². The van der Waals surface area contributed by atoms with Gasteiger partial charge in [-0.1, -0.05) is 34.1 Å². The number of hydrogen-bond acceptors (Lipinski definition) is 4. The van der Waals surface area contributed by atoms with Crippen molar-refractivity contribution in [1.82, 2.24) is 5.32 Å². The quantitative estimate of drug-likeness (QED) is 0.676. The molecule has 164 valence electrons. The Hall–Kier alpha value is -2.38. The molecule has 2 aliphatic heterocycles. The van der Waals surface area contributed by atoms with Gasteiger partial charge in [-0.25, -0.2) is 0 Å². The van der Waals surface area contributed by atoms with Crippen molar-refractivity contribution in [2.45, 2.75) is 24.7 Å². The molecule has 2 fully saturated rings. The van der Waals surface area contributed by atoms with Crippen molar-refractivity contribution in [1.29, 1.82) is 0 Å². The highest BCUT2D eigenvalue weighted by atomic mass is 79.9. The first kappa shape index (κ1) is 21.8. The van der Waals surface area contributed by atoms with Crippen LogP contribution in [0.5, 0.6) is 5.75 Å². The van der Waals surface area contributed by atoms with Crippen molar-refractivity contribution in [2.24, 2.45) is 5.92 Å². The molecule has 0 aliphatic carbocycles. The first-order chi connectivity index (χ1) is 15.0. The zero-order valence-corrected chi connectivity index (χ0v) is 19.2. The fraction of sp³-hybridized carbons (Fsp3) is 0.417. The van der Waals surface area contributed by atoms with E-state index in [4.69, 9.17) is 9.47 Å². The number of nitrogens with one attached hydrogen (secondary N) is 1. The third-order valence-electron chi connectivity index (χ3n) is 6.37. The van der Waals surface area contributed by atoms with Crippen LogP contribution in [0, 0.1) is 5.92 Å². The van der Waals surface area contributed by atoms with Crippen LogP contribution in [0.4, 0.5) is 5.69 Å². The number of methoxy groups -OCH3 is 1. The van der Waals surface area contributed by atoms with Gasteiger partial charge in [-0.3, -0.25) is 9.59 Å². The molecule has 2 saturated heterocycles. The molecule has 2 aromatic carbocycles. The Morgan fingerprint density at radius 1 is 1.23 bits per heavy atom. The van der Waals surface area contributed by atoms with Crippen molar-refractivity contribution < 1.29 is 19.1 Å². The van der Waals surface area contributed by atoms with Crippen molar-refractivity contribution in [3.05, 3.63) is 58.6 Å². The molecular weight excluding hydrogens is 460 g/mol. The minimum atomic E-state index is -0.348. The molecule has 0 aromatic heterocycles. The summed E-state index contributed by atoms with van der Waals surface area (Å²) in [7, 11) is 1.65. The largest absolute Gasteiger partial charge is 0.497 e. The Morgan fingerprint density at radius 3 is 2.65 bits per heavy atom. The van der Waals surface area contributed by atoms with Crippen LogP contribution in [-0.4, -0.2) is 45.2 Å². The van der Waals surface area contributed by atoms with Crippen LogP contribution in [0.2, 0.25) is 0 Å². The Balaban J connectivity index is 1.44. The summed E-state index contributed by atoms with van der Waals surface area (Å²) >= 11 is 3.44. The van der Waals surface area contributed by atoms with Gasteiger partial charge in [-0.15, -0.1) is 0 Å². The van der Waals surface area contributed by atoms with E-state index in [-0.39, 0.29) is 29.6 Å². The smallest absolute Gasteiger partial charge is 0.227 e. The maximum Gasteiger partial charge on any atom is 0.227 e. The second-order valence-electron chi connectivity index (χ2n) is 8.22. The van der Waals surface area contributed by atoms with E-state index < -0.39 is 0 Å². The van der Waals surface area contributed by atoms with Gasteiger partial charge in [0.25, 0.3) is 0 Å². The third kappa shape index (κ3) is 4.77. The van der Waals surface area contributed by atoms with E-state index >= 15 is 0 Å². The number of carbonyl (C=O) groups is 2. The second-order valence-corrected chi connectivity index (χ2v) is 9.14. The van der Waals surface area contributed by atoms with E-state index in [1.165, 1.54) is 5.56 Å². The number of ether oxygens (including phenoxy) is 2. The molecule has 1 unspecified atom stereocenters. The highest BCUT2D eigenvalue weighted by Gasteiger charge is 2.38. The molecule has 0 radical (unpaired) electrons. The van der Waals surface area contributed by atoms with E-state index in [9.17, 15) is 9.59 Å². The molecule has 2 aromatic rings. The normalized spacial score (nSPS) is 20.5. The molecule has 0 saturated carbocycles. The number of rotatable bonds is 6. The summed E-state index contributed by atoms with van der Waals surface area (Å²) in [5.41, 5.74) is 1.82. The molecule has 6 nitrogen and oxygen atoms in total. The molecule has 2 heterocycles. The Labute approximate surface area is 191 Å². The second kappa shape index (κ2) is 9.40. The molecule has 7 heteroatoms. The van der Waals surface area contributed by atoms with Crippen molar-refractivity contribution >= 4 is 33.4 Å². The lowest BCUT2D eigenvalue weighted by atomic mass is 9.74. The number of carbonyl (C=O) groups excluding carboxylic acids is 2. The zero-order chi connectivity index (χ0) is 21.8. The Morgan fingerprint density at radius 2 is 1.97 bits per heavy atom. The SMILES string of the molecule is COc1ccc(C2(CNC(=O)C3CC(=O)N(c4cccc(Br)c4)C3)CCOCC2)cc1. The fourth-order valence-electron chi connectivity index (χ4n) is 4.45. The molecule has 2 amide bonds. The lowest BCUT2D eigenvalue weighted by molar-refractivity contribution is -0.126. The average molecular weight is 487 g/mol. The van der Waals surface area contributed by atoms with E-state index in [2.05, 4.69) is 33.4 Å². The predicted octanol–water partition coefficient (Wildman–Crippen LogP) is 3.68. The molecule has 4 rings (SSSR count). The molecule has 2 aliphatic rings. The van der Waals surface area contributed by atoms with E-state index in [1.807, 2.05) is 36.4 Å². The van der Waals surface area contributed by atoms with Gasteiger partial charge in [0.05, 0.1) is 13.0 Å². The summed E-state index contributed by atoms with van der Waals surface area (Å²) < 4.78 is 11.8. The van der Waals surface area contributed by atoms with Crippen LogP contribution in [0.1, 0.15) is 24.8 Å². The minimum absolute atomic E-state index is 0.0193. The highest BCUT2D eigenvalue weighted by molar-refractivity contribution is 9.10. The van der Waals surface area contributed by atoms with Gasteiger partial charge >= 0.3 is 0 Å². The van der Waals surface area contributed by atoms with Gasteiger partial charge in [0.2, 0.25) is 11.8 Å². The Bertz CT molecular complexity index is 941. The maximum atomic E-state index is 13.0.